The Kier molecular flexibility index (Phi) is 7.06. The van der Waals surface area contributed by atoms with Crippen LogP contribution in [-0.4, -0.2) is 26.0 Å². The summed E-state index contributed by atoms with van der Waals surface area (Å²) in [5.74, 6) is 0.386. The van der Waals surface area contributed by atoms with E-state index in [9.17, 15) is 8.42 Å². The van der Waals surface area contributed by atoms with Gasteiger partial charge in [-0.05, 0) is 37.5 Å². The van der Waals surface area contributed by atoms with Gasteiger partial charge in [-0.15, -0.1) is 0 Å². The molecule has 0 bridgehead atoms. The molecule has 0 saturated heterocycles. The van der Waals surface area contributed by atoms with Gasteiger partial charge in [0.1, 0.15) is 0 Å². The fraction of sp³-hybridized carbons (Fsp3) is 0.625. The molecule has 4 heteroatoms. The van der Waals surface area contributed by atoms with Gasteiger partial charge in [0.2, 0.25) is 0 Å². The Morgan fingerprint density at radius 1 is 1.10 bits per heavy atom. The average molecular weight is 297 g/mol. The van der Waals surface area contributed by atoms with Crippen molar-refractivity contribution in [1.82, 2.24) is 0 Å². The number of nitrogens with one attached hydrogen (secondary N) is 1. The van der Waals surface area contributed by atoms with Gasteiger partial charge < -0.3 is 5.32 Å². The maximum Gasteiger partial charge on any atom is 0.152 e. The number of benzene rings is 1. The van der Waals surface area contributed by atoms with Crippen molar-refractivity contribution in [2.24, 2.45) is 0 Å². The van der Waals surface area contributed by atoms with E-state index in [1.54, 1.807) is 6.92 Å². The second kappa shape index (κ2) is 8.30. The zero-order valence-electron chi connectivity index (χ0n) is 12.9. The van der Waals surface area contributed by atoms with Gasteiger partial charge in [-0.1, -0.05) is 38.8 Å². The molecule has 0 spiro atoms. The van der Waals surface area contributed by atoms with Crippen molar-refractivity contribution in [2.45, 2.75) is 52.5 Å². The molecule has 0 radical (unpaired) electrons. The van der Waals surface area contributed by atoms with E-state index < -0.39 is 9.84 Å². The minimum absolute atomic E-state index is 0.0640. The summed E-state index contributed by atoms with van der Waals surface area (Å²) in [6.07, 6.45) is 4.86. The van der Waals surface area contributed by atoms with Crippen LogP contribution in [0.4, 0.5) is 5.69 Å². The number of rotatable bonds is 9. The predicted molar refractivity (Wildman–Crippen MR) is 87.1 cm³/mol. The van der Waals surface area contributed by atoms with E-state index >= 15 is 0 Å². The van der Waals surface area contributed by atoms with Crippen LogP contribution in [0.15, 0.2) is 24.3 Å². The fourth-order valence-electron chi connectivity index (χ4n) is 2.17. The van der Waals surface area contributed by atoms with Gasteiger partial charge in [-0.2, -0.15) is 0 Å². The van der Waals surface area contributed by atoms with Crippen LogP contribution in [0, 0.1) is 0 Å². The largest absolute Gasteiger partial charge is 0.382 e. The van der Waals surface area contributed by atoms with E-state index in [2.05, 4.69) is 24.4 Å². The monoisotopic (exact) mass is 297 g/mol. The molecule has 0 fully saturated rings. The summed E-state index contributed by atoms with van der Waals surface area (Å²) in [4.78, 5) is 0. The van der Waals surface area contributed by atoms with Gasteiger partial charge in [0.25, 0.3) is 0 Å². The fourth-order valence-corrected chi connectivity index (χ4v) is 3.25. The van der Waals surface area contributed by atoms with Gasteiger partial charge in [0.05, 0.1) is 5.75 Å². The first-order valence-electron chi connectivity index (χ1n) is 7.52. The third-order valence-corrected chi connectivity index (χ3v) is 5.27. The average Bonchev–Trinajstić information content (AvgIpc) is 2.40. The topological polar surface area (TPSA) is 46.2 Å². The van der Waals surface area contributed by atoms with Crippen molar-refractivity contribution in [2.75, 3.05) is 16.8 Å². The Balaban J connectivity index is 2.48. The predicted octanol–water partition coefficient (Wildman–Crippen LogP) is 3.65. The van der Waals surface area contributed by atoms with Crippen molar-refractivity contribution in [3.05, 3.63) is 29.8 Å². The lowest BCUT2D eigenvalue weighted by Crippen LogP contribution is -2.26. The van der Waals surface area contributed by atoms with Crippen LogP contribution in [-0.2, 0) is 16.3 Å². The van der Waals surface area contributed by atoms with E-state index in [4.69, 9.17) is 0 Å². The highest BCUT2D eigenvalue weighted by atomic mass is 32.2. The summed E-state index contributed by atoms with van der Waals surface area (Å²) >= 11 is 0. The summed E-state index contributed by atoms with van der Waals surface area (Å²) in [5.41, 5.74) is 2.33. The van der Waals surface area contributed by atoms with Crippen molar-refractivity contribution < 1.29 is 8.42 Å². The molecule has 1 aromatic carbocycles. The Hall–Kier alpha value is -1.03. The normalized spacial score (nSPS) is 13.2. The van der Waals surface area contributed by atoms with Crippen LogP contribution in [0.2, 0.25) is 0 Å². The maximum absolute atomic E-state index is 11.6. The van der Waals surface area contributed by atoms with E-state index in [1.807, 2.05) is 19.1 Å². The number of unbranched alkanes of at least 4 members (excludes halogenated alkanes) is 2. The Labute approximate surface area is 123 Å². The molecule has 1 atom stereocenters. The molecule has 1 N–H and O–H groups in total. The third-order valence-electron chi connectivity index (χ3n) is 3.38. The van der Waals surface area contributed by atoms with E-state index in [0.29, 0.717) is 0 Å². The zero-order chi connectivity index (χ0) is 15.0. The molecule has 1 rings (SSSR count). The molecule has 20 heavy (non-hydrogen) atoms. The summed E-state index contributed by atoms with van der Waals surface area (Å²) in [6, 6.07) is 8.26. The molecule has 0 aliphatic heterocycles. The lowest BCUT2D eigenvalue weighted by molar-refractivity contribution is 0.593. The SMILES string of the molecule is CCCCCc1ccc(NC(C)CS(=O)(=O)CC)cc1. The molecule has 1 unspecified atom stereocenters. The van der Waals surface area contributed by atoms with E-state index in [-0.39, 0.29) is 17.5 Å². The molecular weight excluding hydrogens is 270 g/mol. The minimum atomic E-state index is -2.92. The lowest BCUT2D eigenvalue weighted by Gasteiger charge is -2.15. The highest BCUT2D eigenvalue weighted by Crippen LogP contribution is 2.13. The standard InChI is InChI=1S/C16H27NO2S/c1-4-6-7-8-15-9-11-16(12-10-15)17-14(3)13-20(18,19)5-2/h9-12,14,17H,4-8,13H2,1-3H3. The van der Waals surface area contributed by atoms with Gasteiger partial charge in [-0.25, -0.2) is 8.42 Å². The number of sulfone groups is 1. The molecule has 114 valence electrons. The summed E-state index contributed by atoms with van der Waals surface area (Å²) in [6.45, 7) is 5.80. The molecule has 0 amide bonds. The summed E-state index contributed by atoms with van der Waals surface area (Å²) < 4.78 is 23.1. The maximum atomic E-state index is 11.6. The number of aryl methyl sites for hydroxylation is 1. The van der Waals surface area contributed by atoms with Gasteiger partial charge in [0.15, 0.2) is 9.84 Å². The summed E-state index contributed by atoms with van der Waals surface area (Å²) in [7, 11) is -2.92. The van der Waals surface area contributed by atoms with Crippen molar-refractivity contribution in [3.63, 3.8) is 0 Å². The van der Waals surface area contributed by atoms with Gasteiger partial charge in [0, 0.05) is 17.5 Å². The molecule has 0 aliphatic rings. The molecular formula is C16H27NO2S. The van der Waals surface area contributed by atoms with E-state index in [1.165, 1.54) is 24.8 Å². The lowest BCUT2D eigenvalue weighted by atomic mass is 10.1. The first-order valence-corrected chi connectivity index (χ1v) is 9.35. The van der Waals surface area contributed by atoms with Crippen LogP contribution < -0.4 is 5.32 Å². The first-order chi connectivity index (χ1) is 9.46. The van der Waals surface area contributed by atoms with Gasteiger partial charge >= 0.3 is 0 Å². The zero-order valence-corrected chi connectivity index (χ0v) is 13.7. The Bertz CT molecular complexity index is 480. The van der Waals surface area contributed by atoms with E-state index in [0.717, 1.165) is 12.1 Å². The molecule has 0 heterocycles. The van der Waals surface area contributed by atoms with Crippen molar-refractivity contribution in [1.29, 1.82) is 0 Å². The van der Waals surface area contributed by atoms with Crippen LogP contribution in [0.3, 0.4) is 0 Å². The quantitative estimate of drug-likeness (QED) is 0.708. The third kappa shape index (κ3) is 6.42. The van der Waals surface area contributed by atoms with Crippen molar-refractivity contribution >= 4 is 15.5 Å². The second-order valence-electron chi connectivity index (χ2n) is 5.40. The van der Waals surface area contributed by atoms with Crippen LogP contribution in [0.1, 0.15) is 45.6 Å². The minimum Gasteiger partial charge on any atom is -0.382 e. The smallest absolute Gasteiger partial charge is 0.152 e. The molecule has 0 aliphatic carbocycles. The van der Waals surface area contributed by atoms with Crippen LogP contribution >= 0.6 is 0 Å². The number of anilines is 1. The highest BCUT2D eigenvalue weighted by molar-refractivity contribution is 7.91. The van der Waals surface area contributed by atoms with Crippen LogP contribution in [0.5, 0.6) is 0 Å². The molecule has 0 aromatic heterocycles. The van der Waals surface area contributed by atoms with Crippen molar-refractivity contribution in [3.8, 4) is 0 Å². The second-order valence-corrected chi connectivity index (χ2v) is 7.80. The number of hydrogen-bond donors (Lipinski definition) is 1. The molecule has 3 nitrogen and oxygen atoms in total. The first kappa shape index (κ1) is 17.0. The Morgan fingerprint density at radius 3 is 2.30 bits per heavy atom. The molecule has 0 saturated carbocycles. The van der Waals surface area contributed by atoms with Gasteiger partial charge in [-0.3, -0.25) is 0 Å². The molecule has 1 aromatic rings. The number of hydrogen-bond acceptors (Lipinski definition) is 3. The van der Waals surface area contributed by atoms with Crippen LogP contribution in [0.25, 0.3) is 0 Å². The highest BCUT2D eigenvalue weighted by Gasteiger charge is 2.13. The Morgan fingerprint density at radius 2 is 1.75 bits per heavy atom. The summed E-state index contributed by atoms with van der Waals surface area (Å²) in [5, 5.41) is 3.25.